The highest BCUT2D eigenvalue weighted by Gasteiger charge is 2.38. The third-order valence-electron chi connectivity index (χ3n) is 6.74. The van der Waals surface area contributed by atoms with Crippen molar-refractivity contribution in [2.45, 2.75) is 38.5 Å². The van der Waals surface area contributed by atoms with Crippen LogP contribution in [0.1, 0.15) is 35.2 Å². The molecule has 0 bridgehead atoms. The minimum Gasteiger partial charge on any atom is -0.396 e. The molecule has 2 aromatic carbocycles. The molecule has 178 valence electrons. The molecule has 2 heterocycles. The molecule has 34 heavy (non-hydrogen) atoms. The SMILES string of the molecule is [C-]#[N+]c1ccc(Cn2cncc2CN2CCC(CO)(Cc3ccccc3C(F)(F)F)CC2)cc1. The van der Waals surface area contributed by atoms with Gasteiger partial charge >= 0.3 is 6.18 Å². The molecule has 1 N–H and O–H groups in total. The summed E-state index contributed by atoms with van der Waals surface area (Å²) in [5.74, 6) is 0. The molecule has 0 spiro atoms. The van der Waals surface area contributed by atoms with Gasteiger partial charge in [-0.2, -0.15) is 13.2 Å². The van der Waals surface area contributed by atoms with E-state index in [9.17, 15) is 18.3 Å². The van der Waals surface area contributed by atoms with Gasteiger partial charge in [0.1, 0.15) is 0 Å². The molecule has 1 fully saturated rings. The van der Waals surface area contributed by atoms with Crippen LogP contribution >= 0.6 is 0 Å². The number of aromatic nitrogens is 2. The van der Waals surface area contributed by atoms with Crippen molar-refractivity contribution < 1.29 is 18.3 Å². The lowest BCUT2D eigenvalue weighted by Crippen LogP contribution is -2.43. The average molecular weight is 469 g/mol. The van der Waals surface area contributed by atoms with Crippen LogP contribution < -0.4 is 0 Å². The van der Waals surface area contributed by atoms with Gasteiger partial charge in [-0.15, -0.1) is 0 Å². The Morgan fingerprint density at radius 1 is 1.03 bits per heavy atom. The number of imidazole rings is 1. The van der Waals surface area contributed by atoms with Crippen molar-refractivity contribution in [1.82, 2.24) is 14.5 Å². The highest BCUT2D eigenvalue weighted by atomic mass is 19.4. The number of likely N-dealkylation sites (tertiary alicyclic amines) is 1. The summed E-state index contributed by atoms with van der Waals surface area (Å²) in [6.45, 7) is 9.65. The minimum absolute atomic E-state index is 0.133. The second-order valence-corrected chi connectivity index (χ2v) is 9.06. The number of halogens is 3. The first-order valence-electron chi connectivity index (χ1n) is 11.3. The van der Waals surface area contributed by atoms with Crippen LogP contribution in [0.15, 0.2) is 61.1 Å². The van der Waals surface area contributed by atoms with Crippen LogP contribution in [0.3, 0.4) is 0 Å². The fourth-order valence-corrected chi connectivity index (χ4v) is 4.66. The number of aliphatic hydroxyl groups is 1. The van der Waals surface area contributed by atoms with Crippen molar-refractivity contribution in [1.29, 1.82) is 0 Å². The third kappa shape index (κ3) is 5.49. The van der Waals surface area contributed by atoms with Gasteiger partial charge in [-0.1, -0.05) is 42.5 Å². The molecule has 1 aliphatic heterocycles. The Kier molecular flexibility index (Phi) is 7.05. The van der Waals surface area contributed by atoms with Crippen LogP contribution in [0.25, 0.3) is 4.85 Å². The summed E-state index contributed by atoms with van der Waals surface area (Å²) in [5.41, 5.74) is 1.82. The van der Waals surface area contributed by atoms with Crippen molar-refractivity contribution >= 4 is 5.69 Å². The topological polar surface area (TPSA) is 45.7 Å². The van der Waals surface area contributed by atoms with Crippen LogP contribution in [-0.2, 0) is 25.7 Å². The number of benzene rings is 2. The molecule has 4 rings (SSSR count). The molecule has 0 aliphatic carbocycles. The Bertz CT molecular complexity index is 1140. The Hall–Kier alpha value is -3.15. The maximum Gasteiger partial charge on any atom is 0.416 e. The Balaban J connectivity index is 1.40. The molecule has 0 radical (unpaired) electrons. The monoisotopic (exact) mass is 468 g/mol. The molecular weight excluding hydrogens is 441 g/mol. The molecule has 0 amide bonds. The summed E-state index contributed by atoms with van der Waals surface area (Å²) in [7, 11) is 0. The molecule has 1 saturated heterocycles. The zero-order valence-electron chi connectivity index (χ0n) is 18.8. The van der Waals surface area contributed by atoms with E-state index in [4.69, 9.17) is 6.57 Å². The number of nitrogens with zero attached hydrogens (tertiary/aromatic N) is 4. The zero-order chi connectivity index (χ0) is 24.2. The summed E-state index contributed by atoms with van der Waals surface area (Å²) >= 11 is 0. The molecule has 8 heteroatoms. The van der Waals surface area contributed by atoms with Gasteiger partial charge in [-0.25, -0.2) is 9.83 Å². The molecule has 3 aromatic rings. The second kappa shape index (κ2) is 10.00. The summed E-state index contributed by atoms with van der Waals surface area (Å²) in [6, 6.07) is 13.1. The highest BCUT2D eigenvalue weighted by Crippen LogP contribution is 2.39. The average Bonchev–Trinajstić information content (AvgIpc) is 3.27. The third-order valence-corrected chi connectivity index (χ3v) is 6.74. The molecular formula is C26H27F3N4O. The van der Waals surface area contributed by atoms with E-state index in [0.717, 1.165) is 17.3 Å². The van der Waals surface area contributed by atoms with Crippen LogP contribution in [0.4, 0.5) is 18.9 Å². The maximum absolute atomic E-state index is 13.4. The molecule has 0 saturated carbocycles. The fraction of sp³-hybridized carbons (Fsp3) is 0.385. The maximum atomic E-state index is 13.4. The predicted octanol–water partition coefficient (Wildman–Crippen LogP) is 5.32. The zero-order valence-corrected chi connectivity index (χ0v) is 18.8. The first kappa shape index (κ1) is 24.0. The predicted molar refractivity (Wildman–Crippen MR) is 123 cm³/mol. The summed E-state index contributed by atoms with van der Waals surface area (Å²) < 4.78 is 42.4. The summed E-state index contributed by atoms with van der Waals surface area (Å²) in [5, 5.41) is 10.2. The lowest BCUT2D eigenvalue weighted by molar-refractivity contribution is -0.138. The van der Waals surface area contributed by atoms with Gasteiger partial charge in [0.25, 0.3) is 0 Å². The van der Waals surface area contributed by atoms with Crippen molar-refractivity contribution in [2.75, 3.05) is 19.7 Å². The van der Waals surface area contributed by atoms with Crippen molar-refractivity contribution in [3.63, 3.8) is 0 Å². The molecule has 1 aromatic heterocycles. The van der Waals surface area contributed by atoms with Crippen molar-refractivity contribution in [3.05, 3.63) is 94.9 Å². The van der Waals surface area contributed by atoms with Crippen LogP contribution in [0.2, 0.25) is 0 Å². The van der Waals surface area contributed by atoms with Gasteiger partial charge in [0.15, 0.2) is 5.69 Å². The standard InChI is InChI=1S/C26H27F3N4O/c1-30-22-8-6-20(7-9-22)16-33-19-31-15-23(33)17-32-12-10-25(18-34,11-13-32)14-21-4-2-3-5-24(21)26(27,28)29/h2-9,15,19,34H,10-14,16-18H2. The van der Waals surface area contributed by atoms with E-state index in [1.54, 1.807) is 24.5 Å². The number of aliphatic hydroxyl groups excluding tert-OH is 1. The van der Waals surface area contributed by atoms with Gasteiger partial charge in [0.05, 0.1) is 24.2 Å². The smallest absolute Gasteiger partial charge is 0.396 e. The number of alkyl halides is 3. The number of hydrogen-bond acceptors (Lipinski definition) is 3. The summed E-state index contributed by atoms with van der Waals surface area (Å²) in [6.07, 6.45) is 0.688. The van der Waals surface area contributed by atoms with Gasteiger partial charge in [-0.3, -0.25) is 4.90 Å². The number of rotatable bonds is 7. The van der Waals surface area contributed by atoms with Crippen molar-refractivity contribution in [2.24, 2.45) is 5.41 Å². The Morgan fingerprint density at radius 2 is 1.74 bits per heavy atom. The second-order valence-electron chi connectivity index (χ2n) is 9.06. The van der Waals surface area contributed by atoms with Gasteiger partial charge in [-0.05, 0) is 55.0 Å². The normalized spacial score (nSPS) is 16.3. The quantitative estimate of drug-likeness (QED) is 0.478. The lowest BCUT2D eigenvalue weighted by atomic mass is 9.73. The fourth-order valence-electron chi connectivity index (χ4n) is 4.66. The first-order valence-corrected chi connectivity index (χ1v) is 11.3. The van der Waals surface area contributed by atoms with E-state index in [2.05, 4.69) is 19.3 Å². The molecule has 0 atom stereocenters. The largest absolute Gasteiger partial charge is 0.416 e. The van der Waals surface area contributed by atoms with Gasteiger partial charge in [0.2, 0.25) is 0 Å². The van der Waals surface area contributed by atoms with E-state index in [1.807, 2.05) is 18.3 Å². The van der Waals surface area contributed by atoms with E-state index < -0.39 is 17.2 Å². The Labute approximate surface area is 197 Å². The van der Waals surface area contributed by atoms with E-state index in [0.29, 0.717) is 44.7 Å². The van der Waals surface area contributed by atoms with Gasteiger partial charge in [0, 0.05) is 25.9 Å². The van der Waals surface area contributed by atoms with Gasteiger partial charge < -0.3 is 9.67 Å². The highest BCUT2D eigenvalue weighted by molar-refractivity contribution is 5.45. The van der Waals surface area contributed by atoms with E-state index in [-0.39, 0.29) is 18.6 Å². The van der Waals surface area contributed by atoms with Crippen LogP contribution in [0.5, 0.6) is 0 Å². The summed E-state index contributed by atoms with van der Waals surface area (Å²) in [4.78, 5) is 9.97. The van der Waals surface area contributed by atoms with Crippen LogP contribution in [0, 0.1) is 12.0 Å². The molecule has 0 unspecified atom stereocenters. The minimum atomic E-state index is -4.40. The first-order chi connectivity index (χ1) is 16.3. The molecule has 5 nitrogen and oxygen atoms in total. The van der Waals surface area contributed by atoms with Crippen LogP contribution in [-0.4, -0.2) is 39.3 Å². The van der Waals surface area contributed by atoms with Crippen molar-refractivity contribution in [3.8, 4) is 0 Å². The van der Waals surface area contributed by atoms with E-state index >= 15 is 0 Å². The Morgan fingerprint density at radius 3 is 2.38 bits per heavy atom. The van der Waals surface area contributed by atoms with E-state index in [1.165, 1.54) is 12.1 Å². The number of hydrogen-bond donors (Lipinski definition) is 1. The molecule has 1 aliphatic rings. The number of piperidine rings is 1. The lowest BCUT2D eigenvalue weighted by Gasteiger charge is -2.41.